The van der Waals surface area contributed by atoms with Gasteiger partial charge >= 0.3 is 0 Å². The van der Waals surface area contributed by atoms with E-state index in [9.17, 15) is 4.79 Å². The van der Waals surface area contributed by atoms with Crippen LogP contribution in [0.15, 0.2) is 27.7 Å². The van der Waals surface area contributed by atoms with Gasteiger partial charge in [0.1, 0.15) is 0 Å². The molecular formula is C17H28BrIN4O. The number of carbonyl (C=O) groups excluding carboxylic acids is 1. The van der Waals surface area contributed by atoms with Crippen LogP contribution in [-0.4, -0.2) is 32.0 Å². The Kier molecular flexibility index (Phi) is 13.0. The van der Waals surface area contributed by atoms with Gasteiger partial charge in [-0.15, -0.1) is 24.0 Å². The second-order valence-electron chi connectivity index (χ2n) is 5.39. The number of amides is 1. The first-order valence-electron chi connectivity index (χ1n) is 8.07. The molecule has 24 heavy (non-hydrogen) atoms. The highest BCUT2D eigenvalue weighted by atomic mass is 127. The Morgan fingerprint density at radius 3 is 2.54 bits per heavy atom. The van der Waals surface area contributed by atoms with E-state index in [1.807, 2.05) is 25.1 Å². The molecule has 0 bridgehead atoms. The van der Waals surface area contributed by atoms with Crippen LogP contribution in [0.5, 0.6) is 0 Å². The van der Waals surface area contributed by atoms with Gasteiger partial charge in [-0.3, -0.25) is 9.79 Å². The molecule has 1 amide bonds. The van der Waals surface area contributed by atoms with E-state index in [1.165, 1.54) is 12.8 Å². The third-order valence-corrected chi connectivity index (χ3v) is 3.90. The number of hydrogen-bond acceptors (Lipinski definition) is 2. The number of nitrogens with zero attached hydrogens (tertiary/aromatic N) is 1. The average molecular weight is 511 g/mol. The number of halogens is 2. The number of rotatable bonds is 8. The third kappa shape index (κ3) is 9.46. The fourth-order valence-electron chi connectivity index (χ4n) is 2.08. The van der Waals surface area contributed by atoms with Crippen molar-refractivity contribution in [1.29, 1.82) is 0 Å². The molecule has 0 aliphatic rings. The molecule has 0 fully saturated rings. The van der Waals surface area contributed by atoms with Gasteiger partial charge in [-0.05, 0) is 37.1 Å². The largest absolute Gasteiger partial charge is 0.356 e. The Bertz CT molecular complexity index is 537. The van der Waals surface area contributed by atoms with Gasteiger partial charge in [-0.2, -0.15) is 0 Å². The van der Waals surface area contributed by atoms with Crippen LogP contribution in [0, 0.1) is 6.92 Å². The highest BCUT2D eigenvalue weighted by molar-refractivity contribution is 14.0. The summed E-state index contributed by atoms with van der Waals surface area (Å²) in [5, 5.41) is 9.33. The van der Waals surface area contributed by atoms with Gasteiger partial charge < -0.3 is 16.0 Å². The number of carbonyl (C=O) groups is 1. The van der Waals surface area contributed by atoms with Gasteiger partial charge in [0.15, 0.2) is 5.96 Å². The van der Waals surface area contributed by atoms with E-state index in [4.69, 9.17) is 0 Å². The predicted octanol–water partition coefficient (Wildman–Crippen LogP) is 4.06. The summed E-state index contributed by atoms with van der Waals surface area (Å²) >= 11 is 3.42. The van der Waals surface area contributed by atoms with Crippen molar-refractivity contribution in [3.63, 3.8) is 0 Å². The van der Waals surface area contributed by atoms with Crippen LogP contribution >= 0.6 is 39.9 Å². The highest BCUT2D eigenvalue weighted by Crippen LogP contribution is 2.19. The molecule has 0 heterocycles. The number of benzene rings is 1. The highest BCUT2D eigenvalue weighted by Gasteiger charge is 2.05. The lowest BCUT2D eigenvalue weighted by Gasteiger charge is -2.12. The first kappa shape index (κ1) is 23.2. The molecule has 0 saturated carbocycles. The summed E-state index contributed by atoms with van der Waals surface area (Å²) in [7, 11) is 1.74. The van der Waals surface area contributed by atoms with Crippen molar-refractivity contribution in [2.75, 3.05) is 25.5 Å². The molecule has 1 aromatic rings. The van der Waals surface area contributed by atoms with Gasteiger partial charge in [0, 0.05) is 36.7 Å². The third-order valence-electron chi connectivity index (χ3n) is 3.40. The summed E-state index contributed by atoms with van der Waals surface area (Å²) in [4.78, 5) is 16.1. The molecule has 0 radical (unpaired) electrons. The lowest BCUT2D eigenvalue weighted by atomic mass is 10.2. The molecule has 1 rings (SSSR count). The van der Waals surface area contributed by atoms with E-state index in [2.05, 4.69) is 43.8 Å². The first-order valence-corrected chi connectivity index (χ1v) is 8.86. The van der Waals surface area contributed by atoms with E-state index in [0.29, 0.717) is 13.0 Å². The molecule has 136 valence electrons. The van der Waals surface area contributed by atoms with Crippen LogP contribution in [0.1, 0.15) is 38.2 Å². The number of nitrogens with one attached hydrogen (secondary N) is 3. The topological polar surface area (TPSA) is 65.5 Å². The molecule has 5 nitrogen and oxygen atoms in total. The van der Waals surface area contributed by atoms with Crippen molar-refractivity contribution in [3.05, 3.63) is 28.2 Å². The van der Waals surface area contributed by atoms with E-state index >= 15 is 0 Å². The number of aryl methyl sites for hydroxylation is 1. The number of aliphatic imine (C=N–C) groups is 1. The summed E-state index contributed by atoms with van der Waals surface area (Å²) in [6.45, 7) is 5.60. The zero-order chi connectivity index (χ0) is 17.1. The second kappa shape index (κ2) is 13.5. The monoisotopic (exact) mass is 510 g/mol. The molecular weight excluding hydrogens is 483 g/mol. The van der Waals surface area contributed by atoms with Crippen LogP contribution in [0.4, 0.5) is 5.69 Å². The quantitative estimate of drug-likeness (QED) is 0.214. The maximum absolute atomic E-state index is 12.0. The van der Waals surface area contributed by atoms with Crippen molar-refractivity contribution in [3.8, 4) is 0 Å². The lowest BCUT2D eigenvalue weighted by Crippen LogP contribution is -2.39. The zero-order valence-corrected chi connectivity index (χ0v) is 18.5. The molecule has 3 N–H and O–H groups in total. The van der Waals surface area contributed by atoms with Crippen molar-refractivity contribution >= 4 is 57.5 Å². The summed E-state index contributed by atoms with van der Waals surface area (Å²) in [6, 6.07) is 5.80. The average Bonchev–Trinajstić information content (AvgIpc) is 2.52. The molecule has 1 aromatic carbocycles. The van der Waals surface area contributed by atoms with Gasteiger partial charge in [0.25, 0.3) is 0 Å². The molecule has 0 aromatic heterocycles. The minimum atomic E-state index is -0.00985. The van der Waals surface area contributed by atoms with E-state index in [-0.39, 0.29) is 29.9 Å². The Balaban J connectivity index is 0.00000529. The van der Waals surface area contributed by atoms with E-state index < -0.39 is 0 Å². The maximum Gasteiger partial charge on any atom is 0.226 e. The van der Waals surface area contributed by atoms with Crippen molar-refractivity contribution < 1.29 is 4.79 Å². The summed E-state index contributed by atoms with van der Waals surface area (Å²) in [6.07, 6.45) is 3.92. The molecule has 7 heteroatoms. The predicted molar refractivity (Wildman–Crippen MR) is 116 cm³/mol. The van der Waals surface area contributed by atoms with Crippen molar-refractivity contribution in [2.24, 2.45) is 4.99 Å². The Labute approximate surface area is 170 Å². The van der Waals surface area contributed by atoms with Gasteiger partial charge in [-0.1, -0.05) is 35.7 Å². The van der Waals surface area contributed by atoms with Gasteiger partial charge in [-0.25, -0.2) is 0 Å². The van der Waals surface area contributed by atoms with Crippen LogP contribution in [0.3, 0.4) is 0 Å². The van der Waals surface area contributed by atoms with Crippen LogP contribution in [0.25, 0.3) is 0 Å². The van der Waals surface area contributed by atoms with E-state index in [0.717, 1.165) is 34.6 Å². The SMILES string of the molecule is CCCCCNC(=NC)NCCC(=O)Nc1ccc(Br)cc1C.I. The maximum atomic E-state index is 12.0. The summed E-state index contributed by atoms with van der Waals surface area (Å²) in [5.41, 5.74) is 1.88. The smallest absolute Gasteiger partial charge is 0.226 e. The van der Waals surface area contributed by atoms with Gasteiger partial charge in [0.2, 0.25) is 5.91 Å². The minimum Gasteiger partial charge on any atom is -0.356 e. The van der Waals surface area contributed by atoms with Crippen molar-refractivity contribution in [2.45, 2.75) is 39.5 Å². The number of unbranched alkanes of at least 4 members (excludes halogenated alkanes) is 2. The number of anilines is 1. The Morgan fingerprint density at radius 1 is 1.21 bits per heavy atom. The Morgan fingerprint density at radius 2 is 1.92 bits per heavy atom. The normalized spacial score (nSPS) is 10.8. The molecule has 0 aliphatic carbocycles. The molecule has 0 saturated heterocycles. The fraction of sp³-hybridized carbons (Fsp3) is 0.529. The minimum absolute atomic E-state index is 0. The second-order valence-corrected chi connectivity index (χ2v) is 6.31. The summed E-state index contributed by atoms with van der Waals surface area (Å²) < 4.78 is 1.01. The lowest BCUT2D eigenvalue weighted by molar-refractivity contribution is -0.116. The number of hydrogen-bond donors (Lipinski definition) is 3. The molecule has 0 aliphatic heterocycles. The van der Waals surface area contributed by atoms with Crippen LogP contribution in [0.2, 0.25) is 0 Å². The molecule has 0 spiro atoms. The van der Waals surface area contributed by atoms with E-state index in [1.54, 1.807) is 7.05 Å². The van der Waals surface area contributed by atoms with Gasteiger partial charge in [0.05, 0.1) is 0 Å². The first-order chi connectivity index (χ1) is 11.1. The zero-order valence-electron chi connectivity index (χ0n) is 14.6. The number of guanidine groups is 1. The summed E-state index contributed by atoms with van der Waals surface area (Å²) in [5.74, 6) is 0.734. The molecule has 0 atom stereocenters. The standard InChI is InChI=1S/C17H27BrN4O.HI/c1-4-5-6-10-20-17(19-3)21-11-9-16(23)22-15-8-7-14(18)12-13(15)2;/h7-8,12H,4-6,9-11H2,1-3H3,(H,22,23)(H2,19,20,21);1H. The Hall–Kier alpha value is -0.830. The fourth-order valence-corrected chi connectivity index (χ4v) is 2.55. The van der Waals surface area contributed by atoms with Crippen molar-refractivity contribution in [1.82, 2.24) is 10.6 Å². The van der Waals surface area contributed by atoms with Crippen LogP contribution in [-0.2, 0) is 4.79 Å². The van der Waals surface area contributed by atoms with Crippen LogP contribution < -0.4 is 16.0 Å². The molecule has 0 unspecified atom stereocenters.